The first-order valence-electron chi connectivity index (χ1n) is 20.0. The van der Waals surface area contributed by atoms with E-state index in [4.69, 9.17) is 9.47 Å². The molecule has 0 aliphatic rings. The largest absolute Gasteiger partial charge is 0.462 e. The van der Waals surface area contributed by atoms with E-state index < -0.39 is 0 Å². The van der Waals surface area contributed by atoms with Crippen molar-refractivity contribution in [3.05, 3.63) is 34.4 Å². The molecular formula is C42H74O4. The molecule has 1 aromatic carbocycles. The molecular weight excluding hydrogens is 568 g/mol. The summed E-state index contributed by atoms with van der Waals surface area (Å²) in [7, 11) is 0. The van der Waals surface area contributed by atoms with Crippen LogP contribution in [0.4, 0.5) is 0 Å². The summed E-state index contributed by atoms with van der Waals surface area (Å²) in [5.74, 6) is 0.336. The van der Waals surface area contributed by atoms with Gasteiger partial charge >= 0.3 is 11.9 Å². The molecule has 0 fully saturated rings. The predicted molar refractivity (Wildman–Crippen MR) is 197 cm³/mol. The van der Waals surface area contributed by atoms with E-state index in [1.54, 1.807) is 0 Å². The van der Waals surface area contributed by atoms with E-state index in [0.717, 1.165) is 69.8 Å². The van der Waals surface area contributed by atoms with Gasteiger partial charge in [-0.2, -0.15) is 0 Å². The molecule has 0 radical (unpaired) electrons. The molecule has 4 nitrogen and oxygen atoms in total. The maximum atomic E-state index is 14.0. The molecule has 0 aliphatic carbocycles. The maximum absolute atomic E-state index is 14.0. The molecule has 0 saturated heterocycles. The van der Waals surface area contributed by atoms with Gasteiger partial charge in [-0.15, -0.1) is 0 Å². The van der Waals surface area contributed by atoms with Crippen molar-refractivity contribution in [2.75, 3.05) is 13.2 Å². The fraction of sp³-hybridized carbons (Fsp3) is 0.810. The van der Waals surface area contributed by atoms with Gasteiger partial charge in [-0.05, 0) is 54.7 Å². The zero-order chi connectivity index (χ0) is 33.8. The third-order valence-corrected chi connectivity index (χ3v) is 9.88. The van der Waals surface area contributed by atoms with Crippen molar-refractivity contribution >= 4 is 11.9 Å². The Morgan fingerprint density at radius 1 is 0.522 bits per heavy atom. The molecule has 0 heterocycles. The second-order valence-corrected chi connectivity index (χ2v) is 13.9. The lowest BCUT2D eigenvalue weighted by Gasteiger charge is -2.24. The minimum atomic E-state index is -0.374. The Morgan fingerprint density at radius 2 is 0.957 bits per heavy atom. The van der Waals surface area contributed by atoms with Gasteiger partial charge in [-0.25, -0.2) is 9.59 Å². The zero-order valence-corrected chi connectivity index (χ0v) is 31.3. The third-order valence-electron chi connectivity index (χ3n) is 9.88. The number of carbonyl (C=O) groups is 2. The van der Waals surface area contributed by atoms with Gasteiger partial charge in [-0.1, -0.05) is 176 Å². The first-order chi connectivity index (χ1) is 22.5. The van der Waals surface area contributed by atoms with E-state index in [2.05, 4.69) is 47.6 Å². The highest BCUT2D eigenvalue weighted by Crippen LogP contribution is 2.31. The Labute approximate surface area is 285 Å². The minimum absolute atomic E-state index is 0.336. The Kier molecular flexibility index (Phi) is 25.9. The summed E-state index contributed by atoms with van der Waals surface area (Å²) in [5.41, 5.74) is 3.17. The molecule has 0 N–H and O–H groups in total. The average Bonchev–Trinajstić information content (AvgIpc) is 3.07. The van der Waals surface area contributed by atoms with Crippen LogP contribution >= 0.6 is 0 Å². The van der Waals surface area contributed by atoms with Gasteiger partial charge in [0.05, 0.1) is 24.3 Å². The van der Waals surface area contributed by atoms with Crippen molar-refractivity contribution in [1.82, 2.24) is 0 Å². The van der Waals surface area contributed by atoms with Crippen LogP contribution in [0.2, 0.25) is 0 Å². The standard InChI is InChI=1S/C42H74O4/c1-7-13-17-19-21-23-25-31-45-41(43)38-30-29-37(33-35(11-5)27-15-9-3)39(34-36(12-6)28-16-10-4)40(38)42(44)46-32-26-24-22-20-18-14-8-2/h29-30,35-36H,7-28,31-34H2,1-6H3. The summed E-state index contributed by atoms with van der Waals surface area (Å²) in [6.07, 6.45) is 27.4. The van der Waals surface area contributed by atoms with Gasteiger partial charge in [0.1, 0.15) is 0 Å². The number of ether oxygens (including phenoxy) is 2. The SMILES string of the molecule is CCCCCCCCCOC(=O)c1ccc(CC(CC)CCCC)c(CC(CC)CCCC)c1C(=O)OCCCCCCCCC. The van der Waals surface area contributed by atoms with Crippen LogP contribution in [0.5, 0.6) is 0 Å². The second kappa shape index (κ2) is 28.2. The van der Waals surface area contributed by atoms with Crippen LogP contribution in [0.25, 0.3) is 0 Å². The number of unbranched alkanes of at least 4 members (excludes halogenated alkanes) is 14. The van der Waals surface area contributed by atoms with Gasteiger partial charge in [0.2, 0.25) is 0 Å². The molecule has 2 unspecified atom stereocenters. The average molecular weight is 643 g/mol. The highest BCUT2D eigenvalue weighted by atomic mass is 16.5. The Morgan fingerprint density at radius 3 is 1.43 bits per heavy atom. The van der Waals surface area contributed by atoms with Crippen molar-refractivity contribution in [1.29, 1.82) is 0 Å². The van der Waals surface area contributed by atoms with Gasteiger partial charge in [0, 0.05) is 0 Å². The van der Waals surface area contributed by atoms with Crippen LogP contribution in [0.1, 0.15) is 215 Å². The molecule has 266 valence electrons. The zero-order valence-electron chi connectivity index (χ0n) is 31.3. The van der Waals surface area contributed by atoms with E-state index in [-0.39, 0.29) is 11.9 Å². The van der Waals surface area contributed by atoms with Crippen molar-refractivity contribution in [3.63, 3.8) is 0 Å². The smallest absolute Gasteiger partial charge is 0.339 e. The molecule has 0 bridgehead atoms. The van der Waals surface area contributed by atoms with E-state index in [1.165, 1.54) is 95.5 Å². The molecule has 0 aromatic heterocycles. The molecule has 0 saturated carbocycles. The fourth-order valence-corrected chi connectivity index (χ4v) is 6.60. The van der Waals surface area contributed by atoms with Gasteiger partial charge in [0.15, 0.2) is 0 Å². The van der Waals surface area contributed by atoms with Crippen LogP contribution in [-0.4, -0.2) is 25.2 Å². The van der Waals surface area contributed by atoms with Crippen LogP contribution in [-0.2, 0) is 22.3 Å². The molecule has 0 aliphatic heterocycles. The number of carbonyl (C=O) groups excluding carboxylic acids is 2. The number of rotatable bonds is 30. The summed E-state index contributed by atoms with van der Waals surface area (Å²) in [6, 6.07) is 4.00. The molecule has 1 aromatic rings. The summed E-state index contributed by atoms with van der Waals surface area (Å²) < 4.78 is 11.8. The van der Waals surface area contributed by atoms with Gasteiger partial charge in [-0.3, -0.25) is 0 Å². The summed E-state index contributed by atoms with van der Waals surface area (Å²) in [5, 5.41) is 0. The molecule has 1 rings (SSSR count). The van der Waals surface area contributed by atoms with Crippen LogP contribution < -0.4 is 0 Å². The summed E-state index contributed by atoms with van der Waals surface area (Å²) >= 11 is 0. The minimum Gasteiger partial charge on any atom is -0.462 e. The predicted octanol–water partition coefficient (Wildman–Crippen LogP) is 13.0. The Bertz CT molecular complexity index is 907. The quantitative estimate of drug-likeness (QED) is 0.0619. The van der Waals surface area contributed by atoms with Crippen molar-refractivity contribution in [2.24, 2.45) is 11.8 Å². The number of esters is 2. The normalized spacial score (nSPS) is 12.7. The second-order valence-electron chi connectivity index (χ2n) is 13.9. The first-order valence-corrected chi connectivity index (χ1v) is 20.0. The van der Waals surface area contributed by atoms with Crippen LogP contribution in [0.15, 0.2) is 12.1 Å². The van der Waals surface area contributed by atoms with Crippen molar-refractivity contribution < 1.29 is 19.1 Å². The Hall–Kier alpha value is -1.84. The molecule has 46 heavy (non-hydrogen) atoms. The summed E-state index contributed by atoms with van der Waals surface area (Å²) in [4.78, 5) is 27.6. The van der Waals surface area contributed by atoms with E-state index >= 15 is 0 Å². The van der Waals surface area contributed by atoms with Crippen molar-refractivity contribution in [3.8, 4) is 0 Å². The monoisotopic (exact) mass is 643 g/mol. The Balaban J connectivity index is 3.28. The fourth-order valence-electron chi connectivity index (χ4n) is 6.60. The van der Waals surface area contributed by atoms with Crippen LogP contribution in [0.3, 0.4) is 0 Å². The number of hydrogen-bond donors (Lipinski definition) is 0. The highest BCUT2D eigenvalue weighted by molar-refractivity contribution is 6.04. The molecule has 0 spiro atoms. The third kappa shape index (κ3) is 17.9. The highest BCUT2D eigenvalue weighted by Gasteiger charge is 2.27. The lowest BCUT2D eigenvalue weighted by atomic mass is 9.82. The first kappa shape index (κ1) is 42.2. The van der Waals surface area contributed by atoms with Gasteiger partial charge < -0.3 is 9.47 Å². The van der Waals surface area contributed by atoms with Crippen LogP contribution in [0, 0.1) is 11.8 Å². The number of hydrogen-bond acceptors (Lipinski definition) is 4. The van der Waals surface area contributed by atoms with Crippen molar-refractivity contribution in [2.45, 2.75) is 196 Å². The lowest BCUT2D eigenvalue weighted by Crippen LogP contribution is -2.21. The van der Waals surface area contributed by atoms with E-state index in [9.17, 15) is 9.59 Å². The lowest BCUT2D eigenvalue weighted by molar-refractivity contribution is 0.0448. The van der Waals surface area contributed by atoms with E-state index in [1.807, 2.05) is 6.07 Å². The summed E-state index contributed by atoms with van der Waals surface area (Å²) in [6.45, 7) is 14.3. The van der Waals surface area contributed by atoms with Gasteiger partial charge in [0.25, 0.3) is 0 Å². The van der Waals surface area contributed by atoms with E-state index in [0.29, 0.717) is 36.2 Å². The number of benzene rings is 1. The molecule has 2 atom stereocenters. The maximum Gasteiger partial charge on any atom is 0.339 e. The topological polar surface area (TPSA) is 52.6 Å². The molecule has 0 amide bonds. The molecule has 4 heteroatoms.